The zero-order valence-corrected chi connectivity index (χ0v) is 12.2. The van der Waals surface area contributed by atoms with Gasteiger partial charge in [-0.3, -0.25) is 0 Å². The highest BCUT2D eigenvalue weighted by atomic mass is 32.2. The molecule has 0 bridgehead atoms. The number of benzene rings is 1. The van der Waals surface area contributed by atoms with Crippen molar-refractivity contribution in [1.29, 1.82) is 0 Å². The number of hydrogen-bond acceptors (Lipinski definition) is 4. The summed E-state index contributed by atoms with van der Waals surface area (Å²) in [5.41, 5.74) is 1.42. The van der Waals surface area contributed by atoms with Crippen molar-refractivity contribution in [2.75, 3.05) is 20.1 Å². The number of aromatic amines is 1. The van der Waals surface area contributed by atoms with Crippen molar-refractivity contribution in [3.05, 3.63) is 24.3 Å². The van der Waals surface area contributed by atoms with Crippen molar-refractivity contribution >= 4 is 21.1 Å². The number of imidazole rings is 1. The predicted octanol–water partition coefficient (Wildman–Crippen LogP) is 0.935. The average Bonchev–Trinajstić information content (AvgIpc) is 2.92. The van der Waals surface area contributed by atoms with Gasteiger partial charge in [0.1, 0.15) is 0 Å². The van der Waals surface area contributed by atoms with Crippen LogP contribution in [0, 0.1) is 0 Å². The van der Waals surface area contributed by atoms with Crippen molar-refractivity contribution in [3.8, 4) is 0 Å². The van der Waals surface area contributed by atoms with Crippen molar-refractivity contribution in [1.82, 2.24) is 19.6 Å². The zero-order valence-electron chi connectivity index (χ0n) is 11.3. The highest BCUT2D eigenvalue weighted by molar-refractivity contribution is 7.89. The van der Waals surface area contributed by atoms with Crippen molar-refractivity contribution in [3.63, 3.8) is 0 Å². The highest BCUT2D eigenvalue weighted by Gasteiger charge is 2.31. The molecule has 1 aromatic carbocycles. The first-order valence-electron chi connectivity index (χ1n) is 6.73. The third-order valence-corrected chi connectivity index (χ3v) is 5.44. The number of para-hydroxylation sites is 2. The van der Waals surface area contributed by atoms with Crippen LogP contribution < -0.4 is 5.32 Å². The largest absolute Gasteiger partial charge is 0.328 e. The van der Waals surface area contributed by atoms with Gasteiger partial charge in [0, 0.05) is 19.1 Å². The number of H-pyrrole nitrogens is 1. The highest BCUT2D eigenvalue weighted by Crippen LogP contribution is 2.21. The standard InChI is InChI=1S/C13H18N4O2S/c1-14-10-5-4-8-17(9-10)20(18,19)13-15-11-6-2-3-7-12(11)16-13/h2-3,6-7,10,14H,4-5,8-9H2,1H3,(H,15,16). The summed E-state index contributed by atoms with van der Waals surface area (Å²) >= 11 is 0. The molecule has 1 atom stereocenters. The maximum absolute atomic E-state index is 12.6. The molecule has 0 aliphatic carbocycles. The van der Waals surface area contributed by atoms with E-state index < -0.39 is 10.0 Å². The van der Waals surface area contributed by atoms with Crippen LogP contribution in [0.25, 0.3) is 11.0 Å². The lowest BCUT2D eigenvalue weighted by Crippen LogP contribution is -2.47. The Labute approximate surface area is 118 Å². The molecular formula is C13H18N4O2S. The van der Waals surface area contributed by atoms with E-state index in [0.29, 0.717) is 18.6 Å². The van der Waals surface area contributed by atoms with Crippen molar-refractivity contribution in [2.24, 2.45) is 0 Å². The third-order valence-electron chi connectivity index (χ3n) is 3.74. The van der Waals surface area contributed by atoms with Crippen LogP contribution in [0.4, 0.5) is 0 Å². The molecule has 1 aromatic heterocycles. The van der Waals surface area contributed by atoms with E-state index in [4.69, 9.17) is 0 Å². The predicted molar refractivity (Wildman–Crippen MR) is 76.9 cm³/mol. The number of piperidine rings is 1. The third kappa shape index (κ3) is 2.32. The van der Waals surface area contributed by atoms with Gasteiger partial charge in [0.15, 0.2) is 0 Å². The van der Waals surface area contributed by atoms with E-state index in [-0.39, 0.29) is 11.2 Å². The summed E-state index contributed by atoms with van der Waals surface area (Å²) in [6.07, 6.45) is 1.87. The van der Waals surface area contributed by atoms with Crippen molar-refractivity contribution < 1.29 is 8.42 Å². The van der Waals surface area contributed by atoms with E-state index in [1.807, 2.05) is 25.2 Å². The fourth-order valence-corrected chi connectivity index (χ4v) is 4.01. The Hall–Kier alpha value is -1.44. The second-order valence-corrected chi connectivity index (χ2v) is 6.90. The molecule has 0 amide bonds. The summed E-state index contributed by atoms with van der Waals surface area (Å²) in [5.74, 6) is 0. The van der Waals surface area contributed by atoms with Crippen LogP contribution in [-0.2, 0) is 10.0 Å². The summed E-state index contributed by atoms with van der Waals surface area (Å²) in [6, 6.07) is 7.54. The van der Waals surface area contributed by atoms with E-state index in [9.17, 15) is 8.42 Å². The van der Waals surface area contributed by atoms with Crippen LogP contribution in [0.2, 0.25) is 0 Å². The van der Waals surface area contributed by atoms with Crippen molar-refractivity contribution in [2.45, 2.75) is 24.0 Å². The minimum Gasteiger partial charge on any atom is -0.328 e. The van der Waals surface area contributed by atoms with Gasteiger partial charge in [0.25, 0.3) is 10.0 Å². The van der Waals surface area contributed by atoms with Gasteiger partial charge in [-0.05, 0) is 32.0 Å². The molecule has 108 valence electrons. The van der Waals surface area contributed by atoms with E-state index in [2.05, 4.69) is 15.3 Å². The molecule has 6 nitrogen and oxygen atoms in total. The smallest absolute Gasteiger partial charge is 0.276 e. The molecule has 1 unspecified atom stereocenters. The molecule has 7 heteroatoms. The number of hydrogen-bond donors (Lipinski definition) is 2. The first-order valence-corrected chi connectivity index (χ1v) is 8.17. The van der Waals surface area contributed by atoms with Gasteiger partial charge >= 0.3 is 0 Å². The summed E-state index contributed by atoms with van der Waals surface area (Å²) in [5, 5.41) is 3.18. The minimum absolute atomic E-state index is 0.0375. The van der Waals surface area contributed by atoms with Gasteiger partial charge in [-0.15, -0.1) is 0 Å². The number of nitrogens with zero attached hydrogens (tertiary/aromatic N) is 2. The fourth-order valence-electron chi connectivity index (χ4n) is 2.57. The molecular weight excluding hydrogens is 276 g/mol. The van der Waals surface area contributed by atoms with Gasteiger partial charge in [-0.25, -0.2) is 13.4 Å². The zero-order chi connectivity index (χ0) is 14.2. The van der Waals surface area contributed by atoms with E-state index in [1.54, 1.807) is 6.07 Å². The number of likely N-dealkylation sites (N-methyl/N-ethyl adjacent to an activating group) is 1. The van der Waals surface area contributed by atoms with E-state index >= 15 is 0 Å². The van der Waals surface area contributed by atoms with Crippen LogP contribution >= 0.6 is 0 Å². The lowest BCUT2D eigenvalue weighted by molar-refractivity contribution is 0.291. The van der Waals surface area contributed by atoms with Crippen LogP contribution in [0.5, 0.6) is 0 Å². The Morgan fingerprint density at radius 2 is 2.20 bits per heavy atom. The SMILES string of the molecule is CNC1CCCN(S(=O)(=O)c2nc3ccccc3[nH]2)C1. The molecule has 3 rings (SSSR count). The lowest BCUT2D eigenvalue weighted by atomic mass is 10.1. The molecule has 1 fully saturated rings. The van der Waals surface area contributed by atoms with E-state index in [1.165, 1.54) is 4.31 Å². The first-order chi connectivity index (χ1) is 9.61. The molecule has 2 heterocycles. The summed E-state index contributed by atoms with van der Waals surface area (Å²) in [4.78, 5) is 7.11. The summed E-state index contributed by atoms with van der Waals surface area (Å²) in [7, 11) is -1.68. The van der Waals surface area contributed by atoms with Crippen LogP contribution in [0.1, 0.15) is 12.8 Å². The van der Waals surface area contributed by atoms with Crippen LogP contribution in [0.3, 0.4) is 0 Å². The topological polar surface area (TPSA) is 78.1 Å². The number of fused-ring (bicyclic) bond motifs is 1. The second-order valence-electron chi connectivity index (χ2n) is 5.05. The fraction of sp³-hybridized carbons (Fsp3) is 0.462. The van der Waals surface area contributed by atoms with Gasteiger partial charge in [-0.2, -0.15) is 4.31 Å². The minimum atomic E-state index is -3.54. The first kappa shape index (κ1) is 13.5. The number of sulfonamides is 1. The maximum atomic E-state index is 12.6. The molecule has 20 heavy (non-hydrogen) atoms. The second kappa shape index (κ2) is 5.16. The Kier molecular flexibility index (Phi) is 3.49. The summed E-state index contributed by atoms with van der Waals surface area (Å²) < 4.78 is 26.8. The molecule has 1 aliphatic rings. The Morgan fingerprint density at radius 3 is 2.95 bits per heavy atom. The van der Waals surface area contributed by atoms with Gasteiger partial charge < -0.3 is 10.3 Å². The van der Waals surface area contributed by atoms with Gasteiger partial charge in [-0.1, -0.05) is 12.1 Å². The normalized spacial score (nSPS) is 21.4. The number of rotatable bonds is 3. The Balaban J connectivity index is 1.94. The Bertz CT molecular complexity index is 677. The molecule has 1 aliphatic heterocycles. The quantitative estimate of drug-likeness (QED) is 0.883. The molecule has 2 aromatic rings. The van der Waals surface area contributed by atoms with Crippen LogP contribution in [0.15, 0.2) is 29.4 Å². The summed E-state index contributed by atoms with van der Waals surface area (Å²) in [6.45, 7) is 1.05. The maximum Gasteiger partial charge on any atom is 0.276 e. The lowest BCUT2D eigenvalue weighted by Gasteiger charge is -2.30. The molecule has 0 saturated carbocycles. The Morgan fingerprint density at radius 1 is 1.40 bits per heavy atom. The number of aromatic nitrogens is 2. The molecule has 2 N–H and O–H groups in total. The number of nitrogens with one attached hydrogen (secondary N) is 2. The average molecular weight is 294 g/mol. The van der Waals surface area contributed by atoms with Gasteiger partial charge in [0.05, 0.1) is 11.0 Å². The molecule has 0 spiro atoms. The van der Waals surface area contributed by atoms with Crippen LogP contribution in [-0.4, -0.2) is 48.9 Å². The van der Waals surface area contributed by atoms with E-state index in [0.717, 1.165) is 18.4 Å². The molecule has 1 saturated heterocycles. The van der Waals surface area contributed by atoms with Gasteiger partial charge in [0.2, 0.25) is 5.16 Å². The monoisotopic (exact) mass is 294 g/mol. The molecule has 0 radical (unpaired) electrons.